The number of para-hydroxylation sites is 1. The monoisotopic (exact) mass is 248 g/mol. The summed E-state index contributed by atoms with van der Waals surface area (Å²) in [6.07, 6.45) is 0.593. The minimum absolute atomic E-state index is 0.0184. The Labute approximate surface area is 106 Å². The molecule has 1 aromatic rings. The van der Waals surface area contributed by atoms with E-state index >= 15 is 0 Å². The molecule has 0 unspecified atom stereocenters. The molecule has 0 amide bonds. The highest BCUT2D eigenvalue weighted by Crippen LogP contribution is 2.40. The Morgan fingerprint density at radius 1 is 1.22 bits per heavy atom. The zero-order valence-corrected chi connectivity index (χ0v) is 10.3. The van der Waals surface area contributed by atoms with E-state index in [0.717, 1.165) is 0 Å². The maximum absolute atomic E-state index is 11.8. The molecule has 0 bridgehead atoms. The lowest BCUT2D eigenvalue weighted by atomic mass is 10.2. The van der Waals surface area contributed by atoms with Gasteiger partial charge in [-0.25, -0.2) is 0 Å². The van der Waals surface area contributed by atoms with Crippen LogP contribution in [0.25, 0.3) is 0 Å². The van der Waals surface area contributed by atoms with E-state index in [1.54, 1.807) is 19.1 Å². The van der Waals surface area contributed by atoms with Crippen LogP contribution in [-0.4, -0.2) is 25.0 Å². The average Bonchev–Trinajstić information content (AvgIpc) is 3.18. The molecular weight excluding hydrogens is 232 g/mol. The summed E-state index contributed by atoms with van der Waals surface area (Å²) in [6, 6.07) is 9.16. The second kappa shape index (κ2) is 5.67. The van der Waals surface area contributed by atoms with Gasteiger partial charge in [-0.1, -0.05) is 18.2 Å². The van der Waals surface area contributed by atoms with E-state index in [4.69, 9.17) is 9.47 Å². The van der Waals surface area contributed by atoms with Crippen LogP contribution < -0.4 is 4.74 Å². The van der Waals surface area contributed by atoms with Gasteiger partial charge < -0.3 is 9.47 Å². The van der Waals surface area contributed by atoms with Crippen molar-refractivity contribution in [3.63, 3.8) is 0 Å². The van der Waals surface area contributed by atoms with Gasteiger partial charge in [-0.05, 0) is 25.5 Å². The number of hydrogen-bond donors (Lipinski definition) is 0. The fourth-order valence-electron chi connectivity index (χ4n) is 1.84. The maximum atomic E-state index is 11.8. The van der Waals surface area contributed by atoms with E-state index in [0.29, 0.717) is 18.8 Å². The van der Waals surface area contributed by atoms with Crippen molar-refractivity contribution in [3.05, 3.63) is 30.3 Å². The molecule has 1 aliphatic rings. The maximum Gasteiger partial charge on any atom is 0.309 e. The van der Waals surface area contributed by atoms with Gasteiger partial charge >= 0.3 is 5.97 Å². The van der Waals surface area contributed by atoms with E-state index in [9.17, 15) is 9.59 Å². The number of ether oxygens (including phenoxy) is 2. The minimum atomic E-state index is -0.268. The zero-order chi connectivity index (χ0) is 13.0. The summed E-state index contributed by atoms with van der Waals surface area (Å²) in [5.74, 6) is -0.101. The lowest BCUT2D eigenvalue weighted by Crippen LogP contribution is -2.17. The van der Waals surface area contributed by atoms with Crippen molar-refractivity contribution in [2.24, 2.45) is 11.8 Å². The van der Waals surface area contributed by atoms with Gasteiger partial charge in [-0.15, -0.1) is 0 Å². The van der Waals surface area contributed by atoms with Crippen LogP contribution in [0, 0.1) is 11.8 Å². The van der Waals surface area contributed by atoms with Gasteiger partial charge in [-0.3, -0.25) is 9.59 Å². The van der Waals surface area contributed by atoms with Crippen LogP contribution in [-0.2, 0) is 14.3 Å². The number of esters is 1. The number of Topliss-reactive ketones (excluding diaryl/α,β-unsaturated/α-hetero) is 1. The van der Waals surface area contributed by atoms with Gasteiger partial charge in [0.1, 0.15) is 12.4 Å². The minimum Gasteiger partial charge on any atom is -0.486 e. The fourth-order valence-corrected chi connectivity index (χ4v) is 1.84. The number of hydrogen-bond acceptors (Lipinski definition) is 4. The number of carbonyl (C=O) groups excluding carboxylic acids is 2. The van der Waals surface area contributed by atoms with Crippen LogP contribution in [0.1, 0.15) is 13.3 Å². The topological polar surface area (TPSA) is 52.6 Å². The van der Waals surface area contributed by atoms with Gasteiger partial charge in [0.15, 0.2) is 5.78 Å². The highest BCUT2D eigenvalue weighted by Gasteiger charge is 2.48. The smallest absolute Gasteiger partial charge is 0.309 e. The van der Waals surface area contributed by atoms with Crippen molar-refractivity contribution in [1.29, 1.82) is 0 Å². The highest BCUT2D eigenvalue weighted by atomic mass is 16.5. The Morgan fingerprint density at radius 3 is 2.61 bits per heavy atom. The van der Waals surface area contributed by atoms with E-state index in [2.05, 4.69) is 0 Å². The van der Waals surface area contributed by atoms with Crippen molar-refractivity contribution in [2.45, 2.75) is 13.3 Å². The lowest BCUT2D eigenvalue weighted by Gasteiger charge is -2.04. The third-order valence-corrected chi connectivity index (χ3v) is 2.92. The van der Waals surface area contributed by atoms with Crippen molar-refractivity contribution in [1.82, 2.24) is 0 Å². The number of rotatable bonds is 6. The molecule has 0 aromatic heterocycles. The first-order chi connectivity index (χ1) is 8.72. The van der Waals surface area contributed by atoms with Crippen molar-refractivity contribution < 1.29 is 19.1 Å². The standard InChI is InChI=1S/C14H16O4/c1-2-17-14(16)12-8-11(12)13(15)9-18-10-6-4-3-5-7-10/h3-7,11-12H,2,8-9H2,1H3/t11-,12-/m0/s1. The molecule has 0 aliphatic heterocycles. The molecule has 96 valence electrons. The predicted octanol–water partition coefficient (Wildman–Crippen LogP) is 1.83. The van der Waals surface area contributed by atoms with E-state index in [1.165, 1.54) is 0 Å². The highest BCUT2D eigenvalue weighted by molar-refractivity contribution is 5.92. The Bertz CT molecular complexity index is 427. The van der Waals surface area contributed by atoms with Crippen LogP contribution in [0.5, 0.6) is 5.75 Å². The second-order valence-corrected chi connectivity index (χ2v) is 4.27. The largest absolute Gasteiger partial charge is 0.486 e. The van der Waals surface area contributed by atoms with Gasteiger partial charge in [0.25, 0.3) is 0 Å². The molecule has 1 fully saturated rings. The molecule has 4 nitrogen and oxygen atoms in total. The van der Waals surface area contributed by atoms with Crippen molar-refractivity contribution in [3.8, 4) is 5.75 Å². The molecular formula is C14H16O4. The molecule has 0 heterocycles. The number of carbonyl (C=O) groups is 2. The summed E-state index contributed by atoms with van der Waals surface area (Å²) >= 11 is 0. The van der Waals surface area contributed by atoms with Crippen LogP contribution in [0.4, 0.5) is 0 Å². The van der Waals surface area contributed by atoms with E-state index in [1.807, 2.05) is 18.2 Å². The molecule has 18 heavy (non-hydrogen) atoms. The van der Waals surface area contributed by atoms with Crippen LogP contribution in [0.2, 0.25) is 0 Å². The first kappa shape index (κ1) is 12.6. The van der Waals surface area contributed by atoms with Crippen molar-refractivity contribution in [2.75, 3.05) is 13.2 Å². The molecule has 0 saturated heterocycles. The number of ketones is 1. The van der Waals surface area contributed by atoms with E-state index in [-0.39, 0.29) is 30.2 Å². The van der Waals surface area contributed by atoms with Crippen LogP contribution >= 0.6 is 0 Å². The zero-order valence-electron chi connectivity index (χ0n) is 10.3. The quantitative estimate of drug-likeness (QED) is 0.721. The lowest BCUT2D eigenvalue weighted by molar-refractivity contribution is -0.146. The summed E-state index contributed by atoms with van der Waals surface area (Å²) < 4.78 is 10.2. The summed E-state index contributed by atoms with van der Waals surface area (Å²) in [7, 11) is 0. The van der Waals surface area contributed by atoms with Crippen molar-refractivity contribution >= 4 is 11.8 Å². The van der Waals surface area contributed by atoms with Gasteiger partial charge in [-0.2, -0.15) is 0 Å². The molecule has 0 spiro atoms. The molecule has 1 aromatic carbocycles. The summed E-state index contributed by atoms with van der Waals surface area (Å²) in [5, 5.41) is 0. The first-order valence-corrected chi connectivity index (χ1v) is 6.09. The second-order valence-electron chi connectivity index (χ2n) is 4.27. The molecule has 1 aliphatic carbocycles. The van der Waals surface area contributed by atoms with Gasteiger partial charge in [0.05, 0.1) is 12.5 Å². The third-order valence-electron chi connectivity index (χ3n) is 2.92. The molecule has 0 radical (unpaired) electrons. The van der Waals surface area contributed by atoms with Gasteiger partial charge in [0, 0.05) is 5.92 Å². The third kappa shape index (κ3) is 3.09. The van der Waals surface area contributed by atoms with E-state index < -0.39 is 0 Å². The normalized spacial score (nSPS) is 21.2. The Morgan fingerprint density at radius 2 is 1.94 bits per heavy atom. The summed E-state index contributed by atoms with van der Waals surface area (Å²) in [5.41, 5.74) is 0. The SMILES string of the molecule is CCOC(=O)[C@H]1C[C@@H]1C(=O)COc1ccccc1. The molecule has 0 N–H and O–H groups in total. The number of benzene rings is 1. The fraction of sp³-hybridized carbons (Fsp3) is 0.429. The molecule has 2 atom stereocenters. The van der Waals surface area contributed by atoms with Crippen LogP contribution in [0.3, 0.4) is 0 Å². The summed E-state index contributed by atoms with van der Waals surface area (Å²) in [6.45, 7) is 2.14. The molecule has 4 heteroatoms. The molecule has 1 saturated carbocycles. The van der Waals surface area contributed by atoms with Crippen LogP contribution in [0.15, 0.2) is 30.3 Å². The Balaban J connectivity index is 1.76. The average molecular weight is 248 g/mol. The predicted molar refractivity (Wildman–Crippen MR) is 65.2 cm³/mol. The molecule has 2 rings (SSSR count). The first-order valence-electron chi connectivity index (χ1n) is 6.09. The van der Waals surface area contributed by atoms with Gasteiger partial charge in [0.2, 0.25) is 0 Å². The Hall–Kier alpha value is -1.84. The Kier molecular flexibility index (Phi) is 3.97. The summed E-state index contributed by atoms with van der Waals surface area (Å²) in [4.78, 5) is 23.1.